The molecule has 4 rings (SSSR count). The predicted molar refractivity (Wildman–Crippen MR) is 96.1 cm³/mol. The van der Waals surface area contributed by atoms with Crippen LogP contribution >= 0.6 is 0 Å². The maximum atomic E-state index is 12.7. The van der Waals surface area contributed by atoms with Crippen LogP contribution in [0, 0.1) is 0 Å². The van der Waals surface area contributed by atoms with E-state index in [2.05, 4.69) is 9.88 Å². The first-order valence-corrected chi connectivity index (χ1v) is 8.50. The number of nitrogens with zero attached hydrogens (tertiary/aromatic N) is 2. The van der Waals surface area contributed by atoms with E-state index < -0.39 is 5.43 Å². The van der Waals surface area contributed by atoms with E-state index in [-0.39, 0.29) is 11.7 Å². The summed E-state index contributed by atoms with van der Waals surface area (Å²) in [6.45, 7) is 3.07. The molecule has 1 saturated heterocycles. The second-order valence-electron chi connectivity index (χ2n) is 6.43. The maximum Gasteiger partial charge on any atom is 0.270 e. The zero-order valence-corrected chi connectivity index (χ0v) is 14.1. The highest BCUT2D eigenvalue weighted by Gasteiger charge is 2.23. The van der Waals surface area contributed by atoms with E-state index in [0.29, 0.717) is 44.2 Å². The van der Waals surface area contributed by atoms with E-state index in [1.807, 2.05) is 35.2 Å². The Balaban J connectivity index is 1.38. The number of piperazine rings is 1. The molecular weight excluding hydrogens is 334 g/mol. The molecule has 3 heterocycles. The molecule has 0 unspecified atom stereocenters. The molecule has 3 aromatic rings. The number of H-pyrrole nitrogens is 1. The molecule has 0 spiro atoms. The summed E-state index contributed by atoms with van der Waals surface area (Å²) in [5, 5.41) is 10.3. The van der Waals surface area contributed by atoms with Crippen LogP contribution in [-0.4, -0.2) is 52.0 Å². The summed E-state index contributed by atoms with van der Waals surface area (Å²) in [6.07, 6.45) is 1.06. The van der Waals surface area contributed by atoms with Crippen molar-refractivity contribution in [2.24, 2.45) is 0 Å². The lowest BCUT2D eigenvalue weighted by Gasteiger charge is -2.34. The number of rotatable bonds is 3. The van der Waals surface area contributed by atoms with E-state index in [1.165, 1.54) is 6.07 Å². The molecule has 0 bridgehead atoms. The molecule has 7 nitrogen and oxygen atoms in total. The van der Waals surface area contributed by atoms with Gasteiger partial charge in [-0.1, -0.05) is 18.2 Å². The number of benzene rings is 1. The first kappa shape index (κ1) is 16.4. The van der Waals surface area contributed by atoms with Gasteiger partial charge >= 0.3 is 0 Å². The summed E-state index contributed by atoms with van der Waals surface area (Å²) in [5.41, 5.74) is 1.11. The second kappa shape index (κ2) is 6.68. The van der Waals surface area contributed by atoms with Gasteiger partial charge in [-0.05, 0) is 12.1 Å². The summed E-state index contributed by atoms with van der Waals surface area (Å²) in [4.78, 5) is 31.3. The number of hydrogen-bond donors (Lipinski definition) is 2. The molecule has 1 amide bonds. The normalized spacial score (nSPS) is 15.5. The minimum atomic E-state index is -0.445. The fourth-order valence-corrected chi connectivity index (χ4v) is 3.22. The highest BCUT2D eigenvalue weighted by Crippen LogP contribution is 2.17. The summed E-state index contributed by atoms with van der Waals surface area (Å²) in [6, 6.07) is 11.0. The lowest BCUT2D eigenvalue weighted by molar-refractivity contribution is 0.0614. The molecule has 1 aliphatic heterocycles. The zero-order valence-electron chi connectivity index (χ0n) is 14.1. The van der Waals surface area contributed by atoms with E-state index in [9.17, 15) is 14.7 Å². The van der Waals surface area contributed by atoms with Crippen molar-refractivity contribution in [1.29, 1.82) is 0 Å². The molecule has 1 aliphatic rings. The van der Waals surface area contributed by atoms with Gasteiger partial charge in [-0.25, -0.2) is 0 Å². The SMILES string of the molecule is O=C(c1cc2ccccc2[nH]1)N1CCN(Cc2cc(=O)c(O)co2)CC1. The van der Waals surface area contributed by atoms with Crippen LogP contribution in [0.15, 0.2) is 51.9 Å². The lowest BCUT2D eigenvalue weighted by atomic mass is 10.2. The summed E-state index contributed by atoms with van der Waals surface area (Å²) >= 11 is 0. The molecule has 1 fully saturated rings. The van der Waals surface area contributed by atoms with Crippen molar-refractivity contribution in [2.75, 3.05) is 26.2 Å². The Morgan fingerprint density at radius 3 is 2.65 bits per heavy atom. The standard InChI is InChI=1S/C19H19N3O4/c23-17-10-14(26-12-18(17)24)11-21-5-7-22(8-6-21)19(25)16-9-13-3-1-2-4-15(13)20-16/h1-4,9-10,12,20,24H,5-8,11H2. The molecule has 0 aliphatic carbocycles. The van der Waals surface area contributed by atoms with Gasteiger partial charge in [0, 0.05) is 43.1 Å². The largest absolute Gasteiger partial charge is 0.502 e. The van der Waals surface area contributed by atoms with Crippen LogP contribution in [0.2, 0.25) is 0 Å². The molecule has 0 atom stereocenters. The number of carbonyl (C=O) groups is 1. The number of amides is 1. The first-order valence-electron chi connectivity index (χ1n) is 8.50. The molecular formula is C19H19N3O4. The molecule has 2 N–H and O–H groups in total. The minimum absolute atomic E-state index is 0.00276. The van der Waals surface area contributed by atoms with Gasteiger partial charge in [0.05, 0.1) is 6.54 Å². The smallest absolute Gasteiger partial charge is 0.270 e. The zero-order chi connectivity index (χ0) is 18.1. The number of nitrogens with one attached hydrogen (secondary N) is 1. The Kier molecular flexibility index (Phi) is 4.22. The molecule has 7 heteroatoms. The van der Waals surface area contributed by atoms with Crippen LogP contribution in [0.4, 0.5) is 0 Å². The lowest BCUT2D eigenvalue weighted by Crippen LogP contribution is -2.48. The Bertz CT molecular complexity index is 966. The maximum absolute atomic E-state index is 12.7. The van der Waals surface area contributed by atoms with Crippen LogP contribution < -0.4 is 5.43 Å². The minimum Gasteiger partial charge on any atom is -0.502 e. The van der Waals surface area contributed by atoms with Gasteiger partial charge in [0.15, 0.2) is 5.75 Å². The second-order valence-corrected chi connectivity index (χ2v) is 6.43. The van der Waals surface area contributed by atoms with Gasteiger partial charge in [-0.2, -0.15) is 0 Å². The van der Waals surface area contributed by atoms with Crippen LogP contribution in [-0.2, 0) is 6.54 Å². The van der Waals surface area contributed by atoms with E-state index >= 15 is 0 Å². The number of carbonyl (C=O) groups excluding carboxylic acids is 1. The van der Waals surface area contributed by atoms with Crippen LogP contribution in [0.25, 0.3) is 10.9 Å². The summed E-state index contributed by atoms with van der Waals surface area (Å²) < 4.78 is 5.24. The fourth-order valence-electron chi connectivity index (χ4n) is 3.22. The Labute approximate surface area is 149 Å². The quantitative estimate of drug-likeness (QED) is 0.749. The van der Waals surface area contributed by atoms with Crippen molar-refractivity contribution in [3.63, 3.8) is 0 Å². The number of hydrogen-bond acceptors (Lipinski definition) is 5. The van der Waals surface area contributed by atoms with Gasteiger partial charge in [-0.3, -0.25) is 14.5 Å². The van der Waals surface area contributed by atoms with Crippen molar-refractivity contribution in [2.45, 2.75) is 6.54 Å². The van der Waals surface area contributed by atoms with Gasteiger partial charge in [0.25, 0.3) is 5.91 Å². The Morgan fingerprint density at radius 2 is 1.92 bits per heavy atom. The number of fused-ring (bicyclic) bond motifs is 1. The molecule has 2 aromatic heterocycles. The predicted octanol–water partition coefficient (Wildman–Crippen LogP) is 1.78. The molecule has 0 saturated carbocycles. The summed E-state index contributed by atoms with van der Waals surface area (Å²) in [7, 11) is 0. The van der Waals surface area contributed by atoms with Crippen LogP contribution in [0.1, 0.15) is 16.2 Å². The number of aromatic nitrogens is 1. The highest BCUT2D eigenvalue weighted by atomic mass is 16.4. The van der Waals surface area contributed by atoms with Gasteiger partial charge in [0.1, 0.15) is 17.7 Å². The average Bonchev–Trinajstić information content (AvgIpc) is 3.09. The molecule has 26 heavy (non-hydrogen) atoms. The number of aromatic amines is 1. The van der Waals surface area contributed by atoms with Crippen molar-refractivity contribution in [1.82, 2.24) is 14.8 Å². The van der Waals surface area contributed by atoms with E-state index in [0.717, 1.165) is 17.2 Å². The third-order valence-electron chi connectivity index (χ3n) is 4.67. The molecule has 134 valence electrons. The van der Waals surface area contributed by atoms with E-state index in [4.69, 9.17) is 4.42 Å². The van der Waals surface area contributed by atoms with Crippen LogP contribution in [0.5, 0.6) is 5.75 Å². The monoisotopic (exact) mass is 353 g/mol. The average molecular weight is 353 g/mol. The van der Waals surface area contributed by atoms with Crippen molar-refractivity contribution in [3.8, 4) is 5.75 Å². The third kappa shape index (κ3) is 3.21. The Morgan fingerprint density at radius 1 is 1.15 bits per heavy atom. The fraction of sp³-hybridized carbons (Fsp3) is 0.263. The number of para-hydroxylation sites is 1. The van der Waals surface area contributed by atoms with Gasteiger partial charge < -0.3 is 19.4 Å². The number of aromatic hydroxyl groups is 1. The third-order valence-corrected chi connectivity index (χ3v) is 4.67. The van der Waals surface area contributed by atoms with Crippen molar-refractivity contribution >= 4 is 16.8 Å². The van der Waals surface area contributed by atoms with Crippen LogP contribution in [0.3, 0.4) is 0 Å². The summed E-state index contributed by atoms with van der Waals surface area (Å²) in [5.74, 6) is 0.114. The van der Waals surface area contributed by atoms with Gasteiger partial charge in [-0.15, -0.1) is 0 Å². The molecule has 1 aromatic carbocycles. The van der Waals surface area contributed by atoms with E-state index in [1.54, 1.807) is 0 Å². The highest BCUT2D eigenvalue weighted by molar-refractivity contribution is 5.98. The Hall–Kier alpha value is -3.06. The van der Waals surface area contributed by atoms with Gasteiger partial charge in [0.2, 0.25) is 5.43 Å². The topological polar surface area (TPSA) is 89.8 Å². The van der Waals surface area contributed by atoms with Crippen molar-refractivity contribution < 1.29 is 14.3 Å². The molecule has 0 radical (unpaired) electrons. The van der Waals surface area contributed by atoms with Crippen molar-refractivity contribution in [3.05, 3.63) is 64.3 Å². The first-order chi connectivity index (χ1) is 12.6.